The summed E-state index contributed by atoms with van der Waals surface area (Å²) in [6.07, 6.45) is 2.02. The number of benzene rings is 2. The molecule has 1 heterocycles. The highest BCUT2D eigenvalue weighted by atomic mass is 16.5. The second-order valence-corrected chi connectivity index (χ2v) is 5.87. The van der Waals surface area contributed by atoms with E-state index >= 15 is 0 Å². The first kappa shape index (κ1) is 16.3. The Morgan fingerprint density at radius 2 is 1.67 bits per heavy atom. The lowest BCUT2D eigenvalue weighted by Crippen LogP contribution is -2.29. The topological polar surface area (TPSA) is 59.0 Å². The van der Waals surface area contributed by atoms with Gasteiger partial charge >= 0.3 is 5.97 Å². The molecule has 1 aliphatic rings. The highest BCUT2D eigenvalue weighted by molar-refractivity contribution is 5.69. The molecule has 1 N–H and O–H groups in total. The first-order chi connectivity index (χ1) is 11.7. The molecule has 1 unspecified atom stereocenters. The molecule has 0 saturated carbocycles. The lowest BCUT2D eigenvalue weighted by molar-refractivity contribution is -0.138. The van der Waals surface area contributed by atoms with Gasteiger partial charge in [-0.2, -0.15) is 0 Å². The molecule has 0 aliphatic carbocycles. The molecule has 0 amide bonds. The Bertz CT molecular complexity index is 682. The van der Waals surface area contributed by atoms with Crippen molar-refractivity contribution in [3.05, 3.63) is 54.1 Å². The van der Waals surface area contributed by atoms with Crippen LogP contribution in [0.1, 0.15) is 24.4 Å². The van der Waals surface area contributed by atoms with Crippen molar-refractivity contribution >= 4 is 5.97 Å². The van der Waals surface area contributed by atoms with E-state index in [1.807, 2.05) is 53.4 Å². The van der Waals surface area contributed by atoms with Crippen molar-refractivity contribution in [3.8, 4) is 17.2 Å². The summed E-state index contributed by atoms with van der Waals surface area (Å²) in [4.78, 5) is 13.0. The fourth-order valence-corrected chi connectivity index (χ4v) is 3.10. The maximum absolute atomic E-state index is 11.0. The standard InChI is InChI=1S/C19H21NO4/c1-23-15-8-10-17(11-9-15)24-16-6-4-14(5-7-16)18-3-2-12-20(18)13-19(21)22/h4-11,18H,2-3,12-13H2,1H3,(H,21,22). The van der Waals surface area contributed by atoms with E-state index in [1.165, 1.54) is 0 Å². The summed E-state index contributed by atoms with van der Waals surface area (Å²) >= 11 is 0. The van der Waals surface area contributed by atoms with Crippen LogP contribution in [0, 0.1) is 0 Å². The number of aliphatic carboxylic acids is 1. The van der Waals surface area contributed by atoms with Crippen LogP contribution in [-0.4, -0.2) is 36.2 Å². The average Bonchev–Trinajstić information content (AvgIpc) is 3.03. The van der Waals surface area contributed by atoms with Crippen LogP contribution in [0.4, 0.5) is 0 Å². The van der Waals surface area contributed by atoms with Crippen LogP contribution in [0.15, 0.2) is 48.5 Å². The molecule has 0 aromatic heterocycles. The number of carbonyl (C=O) groups is 1. The Labute approximate surface area is 141 Å². The van der Waals surface area contributed by atoms with E-state index in [0.717, 1.165) is 42.2 Å². The number of hydrogen-bond acceptors (Lipinski definition) is 4. The van der Waals surface area contributed by atoms with Crippen molar-refractivity contribution in [2.24, 2.45) is 0 Å². The number of carboxylic acid groups (broad SMARTS) is 1. The van der Waals surface area contributed by atoms with Crippen molar-refractivity contribution in [2.45, 2.75) is 18.9 Å². The molecule has 5 heteroatoms. The minimum absolute atomic E-state index is 0.0920. The SMILES string of the molecule is COc1ccc(Oc2ccc(C3CCCN3CC(=O)O)cc2)cc1. The molecular weight excluding hydrogens is 306 g/mol. The van der Waals surface area contributed by atoms with Crippen molar-refractivity contribution in [2.75, 3.05) is 20.2 Å². The summed E-state index contributed by atoms with van der Waals surface area (Å²) in [6.45, 7) is 0.926. The third-order valence-electron chi connectivity index (χ3n) is 4.26. The zero-order valence-electron chi connectivity index (χ0n) is 13.6. The summed E-state index contributed by atoms with van der Waals surface area (Å²) in [5.41, 5.74) is 1.14. The lowest BCUT2D eigenvalue weighted by atomic mass is 10.0. The normalized spacial score (nSPS) is 17.6. The predicted octanol–water partition coefficient (Wildman–Crippen LogP) is 3.71. The van der Waals surface area contributed by atoms with Crippen LogP contribution in [0.5, 0.6) is 17.2 Å². The Morgan fingerprint density at radius 3 is 2.25 bits per heavy atom. The molecule has 0 bridgehead atoms. The monoisotopic (exact) mass is 327 g/mol. The molecule has 1 saturated heterocycles. The highest BCUT2D eigenvalue weighted by Crippen LogP contribution is 2.33. The van der Waals surface area contributed by atoms with Crippen LogP contribution in [0.2, 0.25) is 0 Å². The molecule has 24 heavy (non-hydrogen) atoms. The quantitative estimate of drug-likeness (QED) is 0.876. The summed E-state index contributed by atoms with van der Waals surface area (Å²) in [5, 5.41) is 9.01. The third kappa shape index (κ3) is 3.86. The molecule has 2 aromatic rings. The van der Waals surface area contributed by atoms with Gasteiger partial charge in [-0.25, -0.2) is 0 Å². The molecule has 1 fully saturated rings. The van der Waals surface area contributed by atoms with Gasteiger partial charge in [-0.05, 0) is 61.3 Å². The molecule has 2 aromatic carbocycles. The van der Waals surface area contributed by atoms with Gasteiger partial charge < -0.3 is 14.6 Å². The molecule has 5 nitrogen and oxygen atoms in total. The van der Waals surface area contributed by atoms with E-state index in [1.54, 1.807) is 7.11 Å². The molecular formula is C19H21NO4. The predicted molar refractivity (Wildman–Crippen MR) is 90.7 cm³/mol. The van der Waals surface area contributed by atoms with Gasteiger partial charge in [0.25, 0.3) is 0 Å². The average molecular weight is 327 g/mol. The van der Waals surface area contributed by atoms with Gasteiger partial charge in [0.2, 0.25) is 0 Å². The molecule has 1 atom stereocenters. The zero-order chi connectivity index (χ0) is 16.9. The minimum Gasteiger partial charge on any atom is -0.497 e. The summed E-state index contributed by atoms with van der Waals surface area (Å²) in [5.74, 6) is 1.52. The van der Waals surface area contributed by atoms with E-state index in [2.05, 4.69) is 0 Å². The molecule has 1 aliphatic heterocycles. The number of ether oxygens (including phenoxy) is 2. The number of hydrogen-bond donors (Lipinski definition) is 1. The Kier molecular flexibility index (Phi) is 5.01. The summed E-state index contributed by atoms with van der Waals surface area (Å²) in [6, 6.07) is 15.5. The fourth-order valence-electron chi connectivity index (χ4n) is 3.10. The second-order valence-electron chi connectivity index (χ2n) is 5.87. The molecule has 126 valence electrons. The van der Waals surface area contributed by atoms with Crippen molar-refractivity contribution in [1.82, 2.24) is 4.90 Å². The number of carboxylic acids is 1. The van der Waals surface area contributed by atoms with E-state index < -0.39 is 5.97 Å². The Balaban J connectivity index is 1.67. The maximum Gasteiger partial charge on any atom is 0.317 e. The summed E-state index contributed by atoms with van der Waals surface area (Å²) < 4.78 is 11.0. The van der Waals surface area contributed by atoms with Gasteiger partial charge in [0.1, 0.15) is 17.2 Å². The third-order valence-corrected chi connectivity index (χ3v) is 4.26. The van der Waals surface area contributed by atoms with Crippen molar-refractivity contribution in [1.29, 1.82) is 0 Å². The van der Waals surface area contributed by atoms with Gasteiger partial charge in [-0.15, -0.1) is 0 Å². The van der Waals surface area contributed by atoms with Crippen LogP contribution < -0.4 is 9.47 Å². The Morgan fingerprint density at radius 1 is 1.08 bits per heavy atom. The van der Waals surface area contributed by atoms with Crippen molar-refractivity contribution < 1.29 is 19.4 Å². The van der Waals surface area contributed by atoms with E-state index in [0.29, 0.717) is 0 Å². The first-order valence-corrected chi connectivity index (χ1v) is 8.03. The number of methoxy groups -OCH3 is 1. The van der Waals surface area contributed by atoms with Crippen LogP contribution in [0.25, 0.3) is 0 Å². The second kappa shape index (κ2) is 7.36. The molecule has 3 rings (SSSR count). The first-order valence-electron chi connectivity index (χ1n) is 8.03. The minimum atomic E-state index is -0.777. The van der Waals surface area contributed by atoms with Crippen LogP contribution >= 0.6 is 0 Å². The zero-order valence-corrected chi connectivity index (χ0v) is 13.6. The van der Waals surface area contributed by atoms with E-state index in [9.17, 15) is 4.79 Å². The summed E-state index contributed by atoms with van der Waals surface area (Å²) in [7, 11) is 1.63. The molecule has 0 spiro atoms. The van der Waals surface area contributed by atoms with Gasteiger partial charge in [-0.3, -0.25) is 9.69 Å². The van der Waals surface area contributed by atoms with E-state index in [-0.39, 0.29) is 12.6 Å². The van der Waals surface area contributed by atoms with Crippen molar-refractivity contribution in [3.63, 3.8) is 0 Å². The number of likely N-dealkylation sites (tertiary alicyclic amines) is 1. The maximum atomic E-state index is 11.0. The smallest absolute Gasteiger partial charge is 0.317 e. The Hall–Kier alpha value is -2.53. The van der Waals surface area contributed by atoms with Crippen LogP contribution in [0.3, 0.4) is 0 Å². The fraction of sp³-hybridized carbons (Fsp3) is 0.316. The highest BCUT2D eigenvalue weighted by Gasteiger charge is 2.27. The number of rotatable bonds is 6. The largest absolute Gasteiger partial charge is 0.497 e. The van der Waals surface area contributed by atoms with Gasteiger partial charge in [0.05, 0.1) is 13.7 Å². The van der Waals surface area contributed by atoms with Gasteiger partial charge in [-0.1, -0.05) is 12.1 Å². The van der Waals surface area contributed by atoms with Gasteiger partial charge in [0, 0.05) is 6.04 Å². The van der Waals surface area contributed by atoms with Crippen LogP contribution in [-0.2, 0) is 4.79 Å². The number of nitrogens with zero attached hydrogens (tertiary/aromatic N) is 1. The lowest BCUT2D eigenvalue weighted by Gasteiger charge is -2.23. The van der Waals surface area contributed by atoms with Gasteiger partial charge in [0.15, 0.2) is 0 Å². The molecule has 0 radical (unpaired) electrons. The van der Waals surface area contributed by atoms with E-state index in [4.69, 9.17) is 14.6 Å².